The summed E-state index contributed by atoms with van der Waals surface area (Å²) in [5.41, 5.74) is 4.57. The largest absolute Gasteiger partial charge is 0.385 e. The molecule has 7 heteroatoms. The lowest BCUT2D eigenvalue weighted by Crippen LogP contribution is -2.46. The van der Waals surface area contributed by atoms with E-state index in [0.717, 1.165) is 55.2 Å². The number of aliphatic imine (C=N–C) groups is 1. The molecule has 5 nitrogen and oxygen atoms in total. The molecule has 0 aromatic heterocycles. The van der Waals surface area contributed by atoms with Crippen molar-refractivity contribution in [3.05, 3.63) is 70.9 Å². The summed E-state index contributed by atoms with van der Waals surface area (Å²) in [6.07, 6.45) is 12.3. The van der Waals surface area contributed by atoms with Crippen LogP contribution in [-0.4, -0.2) is 56.3 Å². The zero-order valence-electron chi connectivity index (χ0n) is 17.7. The third-order valence-corrected chi connectivity index (χ3v) is 5.16. The molecule has 2 aliphatic heterocycles. The Morgan fingerprint density at radius 3 is 2.77 bits per heavy atom. The Hall–Kier alpha value is -2.67. The highest BCUT2D eigenvalue weighted by Crippen LogP contribution is 2.26. The van der Waals surface area contributed by atoms with Gasteiger partial charge in [-0.3, -0.25) is 4.99 Å². The molecule has 0 atom stereocenters. The first-order chi connectivity index (χ1) is 14.6. The quantitative estimate of drug-likeness (QED) is 0.598. The molecule has 0 radical (unpaired) electrons. The summed E-state index contributed by atoms with van der Waals surface area (Å²) in [7, 11) is 0. The van der Waals surface area contributed by atoms with E-state index in [1.807, 2.05) is 25.3 Å². The second kappa shape index (κ2) is 10.9. The van der Waals surface area contributed by atoms with Crippen LogP contribution in [0.2, 0.25) is 0 Å². The van der Waals surface area contributed by atoms with Crippen LogP contribution >= 0.6 is 0 Å². The van der Waals surface area contributed by atoms with E-state index >= 15 is 0 Å². The number of hydrogen-bond acceptors (Lipinski definition) is 5. The summed E-state index contributed by atoms with van der Waals surface area (Å²) in [5.74, 6) is 0. The van der Waals surface area contributed by atoms with Gasteiger partial charge in [-0.05, 0) is 30.6 Å². The standard InChI is InChI=1S/C23H31F2N5/c1-3-5-18-7-6-17(13-20(18)28-8-4-2)14-29-21-16-27-15-19(23(24)25)22(21)30-11-9-26-10-12-30/h4-8,13,16,23,26-27,29H,3,9-12,14-15H2,1-2H3/b8-4-,18-5+,28-20+. The number of allylic oxidation sites excluding steroid dienone is 5. The van der Waals surface area contributed by atoms with Gasteiger partial charge in [0.2, 0.25) is 0 Å². The number of piperazine rings is 1. The summed E-state index contributed by atoms with van der Waals surface area (Å²) in [6.45, 7) is 7.78. The zero-order chi connectivity index (χ0) is 21.3. The van der Waals surface area contributed by atoms with Gasteiger partial charge in [-0.2, -0.15) is 0 Å². The van der Waals surface area contributed by atoms with E-state index in [2.05, 4.69) is 51.0 Å². The third-order valence-electron chi connectivity index (χ3n) is 5.16. The van der Waals surface area contributed by atoms with E-state index in [1.54, 1.807) is 6.20 Å². The van der Waals surface area contributed by atoms with Gasteiger partial charge in [0.05, 0.1) is 17.1 Å². The molecule has 3 rings (SSSR count). The first-order valence-electron chi connectivity index (χ1n) is 10.6. The minimum absolute atomic E-state index is 0.151. The predicted molar refractivity (Wildman–Crippen MR) is 119 cm³/mol. The maximum absolute atomic E-state index is 13.7. The highest BCUT2D eigenvalue weighted by molar-refractivity contribution is 6.12. The zero-order valence-corrected chi connectivity index (χ0v) is 17.7. The number of dihydropyridines is 1. The Balaban J connectivity index is 1.78. The van der Waals surface area contributed by atoms with E-state index in [0.29, 0.717) is 12.2 Å². The van der Waals surface area contributed by atoms with Gasteiger partial charge >= 0.3 is 0 Å². The molecule has 3 aliphatic rings. The van der Waals surface area contributed by atoms with Crippen molar-refractivity contribution in [1.82, 2.24) is 20.9 Å². The highest BCUT2D eigenvalue weighted by atomic mass is 19.3. The van der Waals surface area contributed by atoms with Gasteiger partial charge < -0.3 is 20.9 Å². The van der Waals surface area contributed by atoms with Crippen molar-refractivity contribution >= 4 is 5.71 Å². The van der Waals surface area contributed by atoms with Gasteiger partial charge in [0, 0.05) is 57.2 Å². The fourth-order valence-electron chi connectivity index (χ4n) is 3.72. The molecule has 162 valence electrons. The second-order valence-electron chi connectivity index (χ2n) is 7.32. The van der Waals surface area contributed by atoms with Crippen LogP contribution in [0.4, 0.5) is 8.78 Å². The summed E-state index contributed by atoms with van der Waals surface area (Å²) in [4.78, 5) is 6.59. The van der Waals surface area contributed by atoms with Gasteiger partial charge in [0.1, 0.15) is 0 Å². The van der Waals surface area contributed by atoms with Crippen LogP contribution in [0, 0.1) is 0 Å². The van der Waals surface area contributed by atoms with E-state index in [9.17, 15) is 8.78 Å². The van der Waals surface area contributed by atoms with Gasteiger partial charge in [-0.25, -0.2) is 8.78 Å². The van der Waals surface area contributed by atoms with Crippen LogP contribution in [0.15, 0.2) is 75.9 Å². The van der Waals surface area contributed by atoms with Crippen LogP contribution in [0.25, 0.3) is 0 Å². The molecule has 1 saturated heterocycles. The van der Waals surface area contributed by atoms with E-state index < -0.39 is 6.43 Å². The van der Waals surface area contributed by atoms with Crippen molar-refractivity contribution in [2.45, 2.75) is 26.7 Å². The average molecular weight is 416 g/mol. The summed E-state index contributed by atoms with van der Waals surface area (Å²) in [6, 6.07) is 0. The lowest BCUT2D eigenvalue weighted by atomic mass is 9.99. The molecular weight excluding hydrogens is 384 g/mol. The van der Waals surface area contributed by atoms with Crippen molar-refractivity contribution < 1.29 is 8.78 Å². The lowest BCUT2D eigenvalue weighted by molar-refractivity contribution is 0.177. The van der Waals surface area contributed by atoms with Crippen LogP contribution in [0.3, 0.4) is 0 Å². The van der Waals surface area contributed by atoms with Crippen molar-refractivity contribution in [1.29, 1.82) is 0 Å². The van der Waals surface area contributed by atoms with Gasteiger partial charge in [-0.1, -0.05) is 31.2 Å². The van der Waals surface area contributed by atoms with Gasteiger partial charge in [0.15, 0.2) is 0 Å². The van der Waals surface area contributed by atoms with E-state index in [4.69, 9.17) is 0 Å². The SMILES string of the molecule is C\C=C/N=C1\C=C(CNC2=CNCC(C(F)F)=C2N2CCNCC2)C=C\C1=C/CC. The number of nitrogens with zero attached hydrogens (tertiary/aromatic N) is 2. The number of hydrogen-bond donors (Lipinski definition) is 3. The fraction of sp³-hybridized carbons (Fsp3) is 0.435. The van der Waals surface area contributed by atoms with Crippen molar-refractivity contribution in [2.24, 2.45) is 4.99 Å². The van der Waals surface area contributed by atoms with Crippen LogP contribution < -0.4 is 16.0 Å². The molecule has 1 aliphatic carbocycles. The summed E-state index contributed by atoms with van der Waals surface area (Å²) in [5, 5.41) is 9.66. The minimum atomic E-state index is -2.48. The Bertz CT molecular complexity index is 825. The van der Waals surface area contributed by atoms with Crippen LogP contribution in [-0.2, 0) is 0 Å². The molecule has 0 amide bonds. The summed E-state index contributed by atoms with van der Waals surface area (Å²) >= 11 is 0. The maximum atomic E-state index is 13.7. The number of halogens is 2. The van der Waals surface area contributed by atoms with Crippen molar-refractivity contribution in [2.75, 3.05) is 39.3 Å². The van der Waals surface area contributed by atoms with Gasteiger partial charge in [0.25, 0.3) is 6.43 Å². The fourth-order valence-corrected chi connectivity index (χ4v) is 3.72. The molecule has 2 heterocycles. The molecule has 0 aromatic rings. The molecule has 0 bridgehead atoms. The molecule has 0 saturated carbocycles. The second-order valence-corrected chi connectivity index (χ2v) is 7.32. The summed E-state index contributed by atoms with van der Waals surface area (Å²) < 4.78 is 27.5. The smallest absolute Gasteiger partial charge is 0.263 e. The van der Waals surface area contributed by atoms with Gasteiger partial charge in [-0.15, -0.1) is 0 Å². The van der Waals surface area contributed by atoms with Crippen LogP contribution in [0.5, 0.6) is 0 Å². The third kappa shape index (κ3) is 5.48. The number of rotatable bonds is 7. The number of alkyl halides is 2. The highest BCUT2D eigenvalue weighted by Gasteiger charge is 2.27. The first kappa shape index (κ1) is 22.0. The predicted octanol–water partition coefficient (Wildman–Crippen LogP) is 3.25. The topological polar surface area (TPSA) is 51.7 Å². The Morgan fingerprint density at radius 2 is 2.07 bits per heavy atom. The molecule has 0 unspecified atom stereocenters. The molecule has 0 aromatic carbocycles. The number of nitrogens with one attached hydrogen (secondary N) is 3. The normalized spacial score (nSPS) is 22.8. The molecule has 30 heavy (non-hydrogen) atoms. The molecular formula is C23H31F2N5. The Morgan fingerprint density at radius 1 is 1.27 bits per heavy atom. The van der Waals surface area contributed by atoms with Crippen LogP contribution in [0.1, 0.15) is 20.3 Å². The van der Waals surface area contributed by atoms with E-state index in [-0.39, 0.29) is 12.1 Å². The lowest BCUT2D eigenvalue weighted by Gasteiger charge is -2.36. The minimum Gasteiger partial charge on any atom is -0.385 e. The van der Waals surface area contributed by atoms with Crippen molar-refractivity contribution in [3.63, 3.8) is 0 Å². The molecule has 3 N–H and O–H groups in total. The molecule has 1 fully saturated rings. The maximum Gasteiger partial charge on any atom is 0.263 e. The Kier molecular flexibility index (Phi) is 8.02. The Labute approximate surface area is 177 Å². The molecule has 0 spiro atoms. The van der Waals surface area contributed by atoms with E-state index in [1.165, 1.54) is 0 Å². The average Bonchev–Trinajstić information content (AvgIpc) is 2.77. The first-order valence-corrected chi connectivity index (χ1v) is 10.6. The van der Waals surface area contributed by atoms with Crippen molar-refractivity contribution in [3.8, 4) is 0 Å². The monoisotopic (exact) mass is 415 g/mol.